The van der Waals surface area contributed by atoms with Crippen molar-refractivity contribution in [1.82, 2.24) is 5.32 Å². The van der Waals surface area contributed by atoms with Crippen molar-refractivity contribution < 1.29 is 22.9 Å². The molecule has 34 heavy (non-hydrogen) atoms. The minimum Gasteiger partial charge on any atom is -0.494 e. The van der Waals surface area contributed by atoms with Gasteiger partial charge >= 0.3 is 0 Å². The van der Waals surface area contributed by atoms with Crippen molar-refractivity contribution in [3.05, 3.63) is 94.5 Å². The van der Waals surface area contributed by atoms with E-state index in [1.165, 1.54) is 36.4 Å². The third kappa shape index (κ3) is 5.90. The number of carbonyl (C=O) groups is 1. The number of hydrogen-bond acceptors (Lipinski definition) is 6. The quantitative estimate of drug-likeness (QED) is 0.343. The van der Waals surface area contributed by atoms with Crippen LogP contribution in [0.25, 0.3) is 0 Å². The summed E-state index contributed by atoms with van der Waals surface area (Å²) >= 11 is 0. The number of sulfonamides is 1. The lowest BCUT2D eigenvalue weighted by Crippen LogP contribution is -2.41. The number of hydrogen-bond donors (Lipinski definition) is 1. The van der Waals surface area contributed by atoms with Crippen molar-refractivity contribution in [2.24, 2.45) is 0 Å². The molecule has 0 bridgehead atoms. The number of benzene rings is 3. The number of amides is 1. The highest BCUT2D eigenvalue weighted by atomic mass is 32.2. The van der Waals surface area contributed by atoms with Gasteiger partial charge in [0.15, 0.2) is 0 Å². The Morgan fingerprint density at radius 2 is 1.65 bits per heavy atom. The predicted octanol–water partition coefficient (Wildman–Crippen LogP) is 4.07. The first kappa shape index (κ1) is 24.7. The van der Waals surface area contributed by atoms with Crippen molar-refractivity contribution in [2.45, 2.75) is 24.8 Å². The van der Waals surface area contributed by atoms with Gasteiger partial charge in [-0.3, -0.25) is 19.2 Å². The number of rotatable bonds is 10. The van der Waals surface area contributed by atoms with Gasteiger partial charge in [0, 0.05) is 12.1 Å². The highest BCUT2D eigenvalue weighted by Crippen LogP contribution is 2.26. The van der Waals surface area contributed by atoms with E-state index in [1.54, 1.807) is 37.3 Å². The Morgan fingerprint density at radius 1 is 1.03 bits per heavy atom. The normalized spacial score (nSPS) is 11.9. The molecular weight excluding hydrogens is 458 g/mol. The summed E-state index contributed by atoms with van der Waals surface area (Å²) in [6.07, 6.45) is 0. The molecule has 0 fully saturated rings. The molecule has 0 saturated carbocycles. The summed E-state index contributed by atoms with van der Waals surface area (Å²) in [5.41, 5.74) is 0.775. The molecule has 9 nitrogen and oxygen atoms in total. The summed E-state index contributed by atoms with van der Waals surface area (Å²) < 4.78 is 33.0. The van der Waals surface area contributed by atoms with Crippen LogP contribution in [0.15, 0.2) is 83.8 Å². The monoisotopic (exact) mass is 483 g/mol. The fourth-order valence-electron chi connectivity index (χ4n) is 3.30. The van der Waals surface area contributed by atoms with Gasteiger partial charge in [-0.1, -0.05) is 30.3 Å². The molecule has 0 aromatic heterocycles. The van der Waals surface area contributed by atoms with Gasteiger partial charge < -0.3 is 10.1 Å². The fraction of sp³-hybridized carbons (Fsp3) is 0.208. The van der Waals surface area contributed by atoms with Crippen LogP contribution in [0.1, 0.15) is 25.5 Å². The van der Waals surface area contributed by atoms with E-state index >= 15 is 0 Å². The van der Waals surface area contributed by atoms with Crippen molar-refractivity contribution in [3.8, 4) is 5.75 Å². The molecule has 178 valence electrons. The maximum absolute atomic E-state index is 13.3. The first-order chi connectivity index (χ1) is 16.2. The number of carbonyl (C=O) groups excluding carboxylic acids is 1. The Balaban J connectivity index is 1.84. The van der Waals surface area contributed by atoms with E-state index in [2.05, 4.69) is 5.32 Å². The summed E-state index contributed by atoms with van der Waals surface area (Å²) in [6, 6.07) is 19.6. The number of anilines is 1. The second kappa shape index (κ2) is 10.8. The number of nitro benzene ring substituents is 1. The van der Waals surface area contributed by atoms with Crippen molar-refractivity contribution in [1.29, 1.82) is 0 Å². The van der Waals surface area contributed by atoms with Crippen LogP contribution in [-0.4, -0.2) is 32.4 Å². The van der Waals surface area contributed by atoms with Gasteiger partial charge in [-0.05, 0) is 55.8 Å². The molecule has 0 saturated heterocycles. The predicted molar refractivity (Wildman–Crippen MR) is 128 cm³/mol. The molecule has 0 aliphatic rings. The van der Waals surface area contributed by atoms with Crippen molar-refractivity contribution in [3.63, 3.8) is 0 Å². The SMILES string of the molecule is CCOc1ccc([C@@H](C)NC(=O)CN(c2ccc([N+](=O)[O-])cc2)S(=O)(=O)c2ccccc2)cc1. The molecule has 1 amide bonds. The zero-order chi connectivity index (χ0) is 24.7. The standard InChI is InChI=1S/C24H25N3O6S/c1-3-33-22-15-9-19(10-16-22)18(2)25-24(28)17-26(20-11-13-21(14-12-20)27(29)30)34(31,32)23-7-5-4-6-8-23/h4-16,18H,3,17H2,1-2H3,(H,25,28)/t18-/m1/s1. The van der Waals surface area contributed by atoms with E-state index in [0.29, 0.717) is 12.4 Å². The Hall–Kier alpha value is -3.92. The first-order valence-corrected chi connectivity index (χ1v) is 12.0. The number of nitro groups is 1. The maximum Gasteiger partial charge on any atom is 0.269 e. The lowest BCUT2D eigenvalue weighted by atomic mass is 10.1. The third-order valence-corrected chi connectivity index (χ3v) is 6.82. The molecule has 0 spiro atoms. The van der Waals surface area contributed by atoms with Crippen LogP contribution in [-0.2, 0) is 14.8 Å². The average molecular weight is 484 g/mol. The van der Waals surface area contributed by atoms with E-state index in [9.17, 15) is 23.3 Å². The molecule has 3 aromatic rings. The number of ether oxygens (including phenoxy) is 1. The fourth-order valence-corrected chi connectivity index (χ4v) is 4.74. The Kier molecular flexibility index (Phi) is 7.85. The molecule has 0 unspecified atom stereocenters. The van der Waals surface area contributed by atoms with E-state index < -0.39 is 27.4 Å². The summed E-state index contributed by atoms with van der Waals surface area (Å²) in [4.78, 5) is 23.3. The first-order valence-electron chi connectivity index (χ1n) is 10.6. The Labute approximate surface area is 198 Å². The highest BCUT2D eigenvalue weighted by molar-refractivity contribution is 7.92. The summed E-state index contributed by atoms with van der Waals surface area (Å²) in [6.45, 7) is 3.71. The van der Waals surface area contributed by atoms with Gasteiger partial charge in [0.1, 0.15) is 12.3 Å². The molecule has 1 N–H and O–H groups in total. The van der Waals surface area contributed by atoms with Crippen molar-refractivity contribution >= 4 is 27.3 Å². The maximum atomic E-state index is 13.3. The number of nitrogens with one attached hydrogen (secondary N) is 1. The highest BCUT2D eigenvalue weighted by Gasteiger charge is 2.28. The van der Waals surface area contributed by atoms with Crippen LogP contribution >= 0.6 is 0 Å². The molecule has 0 aliphatic heterocycles. The summed E-state index contributed by atoms with van der Waals surface area (Å²) in [5.74, 6) is 0.183. The van der Waals surface area contributed by atoms with E-state index in [1.807, 2.05) is 19.1 Å². The smallest absolute Gasteiger partial charge is 0.269 e. The van der Waals surface area contributed by atoms with E-state index in [0.717, 1.165) is 9.87 Å². The van der Waals surface area contributed by atoms with Crippen LogP contribution in [0.5, 0.6) is 5.75 Å². The minimum atomic E-state index is -4.11. The zero-order valence-electron chi connectivity index (χ0n) is 18.7. The van der Waals surface area contributed by atoms with E-state index in [4.69, 9.17) is 4.74 Å². The summed E-state index contributed by atoms with van der Waals surface area (Å²) in [5, 5.41) is 13.8. The Morgan fingerprint density at radius 3 is 2.21 bits per heavy atom. The molecule has 10 heteroatoms. The van der Waals surface area contributed by atoms with Crippen LogP contribution < -0.4 is 14.4 Å². The second-order valence-electron chi connectivity index (χ2n) is 7.39. The molecular formula is C24H25N3O6S. The van der Waals surface area contributed by atoms with Crippen LogP contribution in [0.2, 0.25) is 0 Å². The average Bonchev–Trinajstić information content (AvgIpc) is 2.83. The topological polar surface area (TPSA) is 119 Å². The molecule has 1 atom stereocenters. The van der Waals surface area contributed by atoms with Crippen LogP contribution in [0, 0.1) is 10.1 Å². The molecule has 3 rings (SSSR count). The second-order valence-corrected chi connectivity index (χ2v) is 9.25. The number of non-ortho nitro benzene ring substituents is 1. The van der Waals surface area contributed by atoms with Gasteiger partial charge in [0.05, 0.1) is 28.2 Å². The third-order valence-electron chi connectivity index (χ3n) is 5.04. The lowest BCUT2D eigenvalue weighted by molar-refractivity contribution is -0.384. The van der Waals surface area contributed by atoms with Gasteiger partial charge in [0.2, 0.25) is 5.91 Å². The van der Waals surface area contributed by atoms with Gasteiger partial charge in [-0.15, -0.1) is 0 Å². The van der Waals surface area contributed by atoms with Crippen LogP contribution in [0.3, 0.4) is 0 Å². The van der Waals surface area contributed by atoms with E-state index in [-0.39, 0.29) is 22.3 Å². The lowest BCUT2D eigenvalue weighted by Gasteiger charge is -2.25. The minimum absolute atomic E-state index is 0.000661. The zero-order valence-corrected chi connectivity index (χ0v) is 19.6. The molecule has 0 radical (unpaired) electrons. The van der Waals surface area contributed by atoms with Gasteiger partial charge in [0.25, 0.3) is 15.7 Å². The van der Waals surface area contributed by atoms with Crippen LogP contribution in [0.4, 0.5) is 11.4 Å². The summed E-state index contributed by atoms with van der Waals surface area (Å²) in [7, 11) is -4.11. The molecule has 0 aliphatic carbocycles. The largest absolute Gasteiger partial charge is 0.494 e. The van der Waals surface area contributed by atoms with Crippen molar-refractivity contribution in [2.75, 3.05) is 17.5 Å². The molecule has 0 heterocycles. The number of nitrogens with zero attached hydrogens (tertiary/aromatic N) is 2. The molecule has 3 aromatic carbocycles. The van der Waals surface area contributed by atoms with Gasteiger partial charge in [-0.2, -0.15) is 0 Å². The van der Waals surface area contributed by atoms with Gasteiger partial charge in [-0.25, -0.2) is 8.42 Å². The Bertz CT molecular complexity index is 1230.